The lowest BCUT2D eigenvalue weighted by molar-refractivity contribution is 0.0649. The molecule has 0 saturated carbocycles. The smallest absolute Gasteiger partial charge is 0.272 e. The van der Waals surface area contributed by atoms with Crippen LogP contribution in [0.2, 0.25) is 19.6 Å². The van der Waals surface area contributed by atoms with Crippen LogP contribution >= 0.6 is 0 Å². The fraction of sp³-hybridized carbons (Fsp3) is 0.500. The van der Waals surface area contributed by atoms with Crippen molar-refractivity contribution in [3.63, 3.8) is 0 Å². The first-order valence-corrected chi connectivity index (χ1v) is 10.3. The highest BCUT2D eigenvalue weighted by Gasteiger charge is 2.24. The third kappa shape index (κ3) is 4.82. The zero-order valence-electron chi connectivity index (χ0n) is 13.5. The molecule has 1 aromatic heterocycles. The summed E-state index contributed by atoms with van der Waals surface area (Å²) in [5, 5.41) is 0. The van der Waals surface area contributed by atoms with Gasteiger partial charge in [-0.3, -0.25) is 4.79 Å². The van der Waals surface area contributed by atoms with E-state index in [9.17, 15) is 4.79 Å². The van der Waals surface area contributed by atoms with Gasteiger partial charge in [-0.25, -0.2) is 4.98 Å². The second-order valence-electron chi connectivity index (χ2n) is 6.97. The van der Waals surface area contributed by atoms with Gasteiger partial charge in [-0.1, -0.05) is 25.6 Å². The number of nitrogens with zero attached hydrogens (tertiary/aromatic N) is 2. The maximum absolute atomic E-state index is 12.3. The molecule has 0 radical (unpaired) electrons. The standard InChI is InChI=1S/C16H24N2OSi/c1-16(2,3)18(4)15(19)14-9-8-13(12-17-14)10-11-20(5,6)7/h8-9,12H,1-7H3. The summed E-state index contributed by atoms with van der Waals surface area (Å²) in [5.74, 6) is 3.07. The largest absolute Gasteiger partial charge is 0.336 e. The Hall–Kier alpha value is -1.60. The van der Waals surface area contributed by atoms with Gasteiger partial charge in [0.25, 0.3) is 5.91 Å². The Bertz CT molecular complexity index is 539. The molecule has 0 fully saturated rings. The first-order chi connectivity index (χ1) is 9.00. The summed E-state index contributed by atoms with van der Waals surface area (Å²) in [6.07, 6.45) is 1.68. The minimum absolute atomic E-state index is 0.0674. The Kier molecular flexibility index (Phi) is 4.77. The average molecular weight is 288 g/mol. The molecular weight excluding hydrogens is 264 g/mol. The van der Waals surface area contributed by atoms with E-state index in [1.165, 1.54) is 0 Å². The van der Waals surface area contributed by atoms with Crippen LogP contribution in [-0.4, -0.2) is 36.5 Å². The van der Waals surface area contributed by atoms with Gasteiger partial charge in [-0.15, -0.1) is 5.54 Å². The number of hydrogen-bond acceptors (Lipinski definition) is 2. The van der Waals surface area contributed by atoms with Crippen molar-refractivity contribution in [1.82, 2.24) is 9.88 Å². The third-order valence-electron chi connectivity index (χ3n) is 2.88. The molecule has 0 aromatic carbocycles. The minimum Gasteiger partial charge on any atom is -0.336 e. The molecule has 0 saturated heterocycles. The summed E-state index contributed by atoms with van der Waals surface area (Å²) in [6.45, 7) is 12.6. The summed E-state index contributed by atoms with van der Waals surface area (Å²) in [5.41, 5.74) is 4.40. The van der Waals surface area contributed by atoms with E-state index in [1.807, 2.05) is 26.8 Å². The predicted octanol–water partition coefficient (Wildman–Crippen LogP) is 3.18. The van der Waals surface area contributed by atoms with E-state index in [4.69, 9.17) is 0 Å². The van der Waals surface area contributed by atoms with Gasteiger partial charge in [0.2, 0.25) is 0 Å². The molecule has 108 valence electrons. The number of rotatable bonds is 1. The van der Waals surface area contributed by atoms with Crippen LogP contribution in [0.15, 0.2) is 18.3 Å². The molecule has 0 aliphatic rings. The Morgan fingerprint density at radius 3 is 2.25 bits per heavy atom. The van der Waals surface area contributed by atoms with Crippen LogP contribution in [0.3, 0.4) is 0 Å². The van der Waals surface area contributed by atoms with Crippen LogP contribution in [-0.2, 0) is 0 Å². The van der Waals surface area contributed by atoms with Gasteiger partial charge in [0.1, 0.15) is 13.8 Å². The molecule has 0 spiro atoms. The molecule has 1 rings (SSSR count). The van der Waals surface area contributed by atoms with E-state index in [0.717, 1.165) is 5.56 Å². The normalized spacial score (nSPS) is 11.6. The molecule has 3 nitrogen and oxygen atoms in total. The molecule has 4 heteroatoms. The van der Waals surface area contributed by atoms with Crippen LogP contribution in [0.1, 0.15) is 36.8 Å². The van der Waals surface area contributed by atoms with Crippen LogP contribution in [0.4, 0.5) is 0 Å². The number of amides is 1. The van der Waals surface area contributed by atoms with Gasteiger partial charge in [0.05, 0.1) is 0 Å². The average Bonchev–Trinajstić information content (AvgIpc) is 2.33. The van der Waals surface area contributed by atoms with Crippen molar-refractivity contribution in [3.05, 3.63) is 29.6 Å². The van der Waals surface area contributed by atoms with Crippen LogP contribution in [0.25, 0.3) is 0 Å². The summed E-state index contributed by atoms with van der Waals surface area (Å²) >= 11 is 0. The van der Waals surface area contributed by atoms with Crippen molar-refractivity contribution in [2.45, 2.75) is 46.0 Å². The van der Waals surface area contributed by atoms with E-state index in [2.05, 4.69) is 36.1 Å². The van der Waals surface area contributed by atoms with Crippen molar-refractivity contribution in [1.29, 1.82) is 0 Å². The van der Waals surface area contributed by atoms with Crippen molar-refractivity contribution >= 4 is 14.0 Å². The van der Waals surface area contributed by atoms with Crippen molar-refractivity contribution in [2.75, 3.05) is 7.05 Å². The number of hydrogen-bond donors (Lipinski definition) is 0. The summed E-state index contributed by atoms with van der Waals surface area (Å²) in [6, 6.07) is 3.61. The SMILES string of the molecule is CN(C(=O)c1ccc(C#C[Si](C)(C)C)cn1)C(C)(C)C. The highest BCUT2D eigenvalue weighted by atomic mass is 28.3. The van der Waals surface area contributed by atoms with Gasteiger partial charge in [0, 0.05) is 24.3 Å². The second kappa shape index (κ2) is 5.80. The molecule has 0 unspecified atom stereocenters. The van der Waals surface area contributed by atoms with E-state index < -0.39 is 8.07 Å². The van der Waals surface area contributed by atoms with E-state index in [-0.39, 0.29) is 11.4 Å². The first kappa shape index (κ1) is 16.5. The number of pyridine rings is 1. The third-order valence-corrected chi connectivity index (χ3v) is 3.75. The maximum Gasteiger partial charge on any atom is 0.272 e. The van der Waals surface area contributed by atoms with Gasteiger partial charge < -0.3 is 4.90 Å². The summed E-state index contributed by atoms with van der Waals surface area (Å²) in [4.78, 5) is 18.2. The quantitative estimate of drug-likeness (QED) is 0.587. The van der Waals surface area contributed by atoms with E-state index in [0.29, 0.717) is 5.69 Å². The lowest BCUT2D eigenvalue weighted by atomic mass is 10.1. The number of carbonyl (C=O) groups excluding carboxylic acids is 1. The highest BCUT2D eigenvalue weighted by molar-refractivity contribution is 6.83. The fourth-order valence-corrected chi connectivity index (χ4v) is 1.85. The van der Waals surface area contributed by atoms with Crippen LogP contribution in [0.5, 0.6) is 0 Å². The van der Waals surface area contributed by atoms with Crippen LogP contribution < -0.4 is 0 Å². The molecule has 20 heavy (non-hydrogen) atoms. The predicted molar refractivity (Wildman–Crippen MR) is 86.3 cm³/mol. The lowest BCUT2D eigenvalue weighted by Gasteiger charge is -2.31. The van der Waals surface area contributed by atoms with E-state index in [1.54, 1.807) is 24.2 Å². The fourth-order valence-electron chi connectivity index (χ4n) is 1.33. The first-order valence-electron chi connectivity index (χ1n) is 6.78. The monoisotopic (exact) mass is 288 g/mol. The molecule has 1 aromatic rings. The number of aromatic nitrogens is 1. The Balaban J connectivity index is 2.92. The molecule has 0 aliphatic heterocycles. The molecule has 0 atom stereocenters. The molecule has 0 aliphatic carbocycles. The summed E-state index contributed by atoms with van der Waals surface area (Å²) < 4.78 is 0. The van der Waals surface area contributed by atoms with E-state index >= 15 is 0 Å². The van der Waals surface area contributed by atoms with Crippen molar-refractivity contribution in [2.24, 2.45) is 0 Å². The van der Waals surface area contributed by atoms with Gasteiger partial charge >= 0.3 is 0 Å². The zero-order chi connectivity index (χ0) is 15.6. The Morgan fingerprint density at radius 1 is 1.25 bits per heavy atom. The molecule has 1 amide bonds. The zero-order valence-corrected chi connectivity index (χ0v) is 14.5. The van der Waals surface area contributed by atoms with Gasteiger partial charge in [-0.2, -0.15) is 0 Å². The highest BCUT2D eigenvalue weighted by Crippen LogP contribution is 2.14. The lowest BCUT2D eigenvalue weighted by Crippen LogP contribution is -2.42. The molecule has 1 heterocycles. The topological polar surface area (TPSA) is 33.2 Å². The minimum atomic E-state index is -1.38. The second-order valence-corrected chi connectivity index (χ2v) is 11.7. The molecular formula is C16H24N2OSi. The van der Waals surface area contributed by atoms with Crippen molar-refractivity contribution in [3.8, 4) is 11.5 Å². The Morgan fingerprint density at radius 2 is 1.85 bits per heavy atom. The molecule has 0 N–H and O–H groups in total. The number of carbonyl (C=O) groups is 1. The maximum atomic E-state index is 12.3. The van der Waals surface area contributed by atoms with Crippen molar-refractivity contribution < 1.29 is 4.79 Å². The van der Waals surface area contributed by atoms with Gasteiger partial charge in [0.15, 0.2) is 0 Å². The van der Waals surface area contributed by atoms with Crippen LogP contribution in [0, 0.1) is 11.5 Å². The summed E-state index contributed by atoms with van der Waals surface area (Å²) in [7, 11) is 0.412. The van der Waals surface area contributed by atoms with Gasteiger partial charge in [-0.05, 0) is 32.9 Å². The Labute approximate surface area is 123 Å². The molecule has 0 bridgehead atoms.